The molecule has 1 amide bonds. The Morgan fingerprint density at radius 2 is 2.50 bits per heavy atom. The molecule has 2 rings (SSSR count). The van der Waals surface area contributed by atoms with E-state index in [1.54, 1.807) is 16.8 Å². The van der Waals surface area contributed by atoms with Crippen molar-refractivity contribution in [2.75, 3.05) is 6.54 Å². The first-order valence-corrected chi connectivity index (χ1v) is 6.69. The highest BCUT2D eigenvalue weighted by molar-refractivity contribution is 7.07. The molecular formula is C11H17N3OS. The topological polar surface area (TPSA) is 54.0 Å². The zero-order valence-corrected chi connectivity index (χ0v) is 10.1. The number of hydrogen-bond donors (Lipinski definition) is 2. The fraction of sp³-hybridized carbons (Fsp3) is 0.636. The van der Waals surface area contributed by atoms with Crippen molar-refractivity contribution in [1.82, 2.24) is 15.6 Å². The Hall–Kier alpha value is -0.940. The van der Waals surface area contributed by atoms with Crippen molar-refractivity contribution in [1.29, 1.82) is 0 Å². The Bertz CT molecular complexity index is 318. The monoisotopic (exact) mass is 239 g/mol. The van der Waals surface area contributed by atoms with Crippen molar-refractivity contribution in [3.8, 4) is 0 Å². The van der Waals surface area contributed by atoms with Crippen LogP contribution in [0.4, 0.5) is 0 Å². The fourth-order valence-electron chi connectivity index (χ4n) is 1.88. The summed E-state index contributed by atoms with van der Waals surface area (Å²) >= 11 is 1.55. The number of carbonyl (C=O) groups is 1. The van der Waals surface area contributed by atoms with Crippen LogP contribution in [0, 0.1) is 0 Å². The predicted molar refractivity (Wildman–Crippen MR) is 64.2 cm³/mol. The van der Waals surface area contributed by atoms with Crippen LogP contribution in [0.3, 0.4) is 0 Å². The van der Waals surface area contributed by atoms with E-state index >= 15 is 0 Å². The third-order valence-electron chi connectivity index (χ3n) is 2.80. The van der Waals surface area contributed by atoms with E-state index in [2.05, 4.69) is 15.6 Å². The van der Waals surface area contributed by atoms with Crippen LogP contribution in [0.2, 0.25) is 0 Å². The van der Waals surface area contributed by atoms with Crippen molar-refractivity contribution >= 4 is 17.2 Å². The number of nitrogens with one attached hydrogen (secondary N) is 2. The molecule has 0 saturated carbocycles. The minimum Gasteiger partial charge on any atom is -0.349 e. The van der Waals surface area contributed by atoms with Gasteiger partial charge in [-0.2, -0.15) is 0 Å². The highest BCUT2D eigenvalue weighted by Crippen LogP contribution is 2.08. The van der Waals surface area contributed by atoms with E-state index in [1.807, 2.05) is 5.38 Å². The molecule has 5 heteroatoms. The van der Waals surface area contributed by atoms with E-state index in [0.717, 1.165) is 25.1 Å². The summed E-state index contributed by atoms with van der Waals surface area (Å²) < 4.78 is 0. The van der Waals surface area contributed by atoms with Crippen LogP contribution in [0.15, 0.2) is 10.9 Å². The average molecular weight is 239 g/mol. The van der Waals surface area contributed by atoms with Crippen molar-refractivity contribution in [3.05, 3.63) is 16.6 Å². The molecule has 0 aromatic carbocycles. The highest BCUT2D eigenvalue weighted by atomic mass is 32.1. The fourth-order valence-corrected chi connectivity index (χ4v) is 2.44. The second-order valence-corrected chi connectivity index (χ2v) is 4.77. The van der Waals surface area contributed by atoms with Crippen LogP contribution in [0.1, 0.15) is 31.4 Å². The van der Waals surface area contributed by atoms with Crippen LogP contribution in [-0.2, 0) is 11.3 Å². The molecule has 1 unspecified atom stereocenters. The zero-order chi connectivity index (χ0) is 11.2. The van der Waals surface area contributed by atoms with E-state index in [0.29, 0.717) is 6.54 Å². The first-order chi connectivity index (χ1) is 7.86. The molecule has 16 heavy (non-hydrogen) atoms. The van der Waals surface area contributed by atoms with Gasteiger partial charge in [-0.1, -0.05) is 12.8 Å². The van der Waals surface area contributed by atoms with Crippen LogP contribution < -0.4 is 10.6 Å². The third kappa shape index (κ3) is 3.28. The van der Waals surface area contributed by atoms with E-state index in [4.69, 9.17) is 0 Å². The van der Waals surface area contributed by atoms with Gasteiger partial charge in [-0.15, -0.1) is 11.3 Å². The van der Waals surface area contributed by atoms with Gasteiger partial charge in [0.15, 0.2) is 0 Å². The zero-order valence-electron chi connectivity index (χ0n) is 9.24. The van der Waals surface area contributed by atoms with Gasteiger partial charge in [0.25, 0.3) is 0 Å². The van der Waals surface area contributed by atoms with Crippen LogP contribution >= 0.6 is 11.3 Å². The summed E-state index contributed by atoms with van der Waals surface area (Å²) in [5, 5.41) is 8.17. The van der Waals surface area contributed by atoms with E-state index in [1.165, 1.54) is 12.8 Å². The molecule has 1 aliphatic heterocycles. The second-order valence-electron chi connectivity index (χ2n) is 4.05. The first-order valence-electron chi connectivity index (χ1n) is 5.74. The van der Waals surface area contributed by atoms with Gasteiger partial charge in [-0.25, -0.2) is 4.98 Å². The lowest BCUT2D eigenvalue weighted by Gasteiger charge is -2.14. The number of amides is 1. The maximum absolute atomic E-state index is 11.8. The summed E-state index contributed by atoms with van der Waals surface area (Å²) in [6, 6.07) is -0.0128. The highest BCUT2D eigenvalue weighted by Gasteiger charge is 2.18. The minimum absolute atomic E-state index is 0.0128. The number of nitrogens with zero attached hydrogens (tertiary/aromatic N) is 1. The Kier molecular flexibility index (Phi) is 4.30. The maximum Gasteiger partial charge on any atom is 0.237 e. The van der Waals surface area contributed by atoms with Crippen molar-refractivity contribution < 1.29 is 4.79 Å². The summed E-state index contributed by atoms with van der Waals surface area (Å²) in [5.41, 5.74) is 2.72. The quantitative estimate of drug-likeness (QED) is 0.835. The van der Waals surface area contributed by atoms with Gasteiger partial charge in [0.1, 0.15) is 0 Å². The largest absolute Gasteiger partial charge is 0.349 e. The summed E-state index contributed by atoms with van der Waals surface area (Å²) in [6.45, 7) is 1.50. The van der Waals surface area contributed by atoms with Gasteiger partial charge in [0.05, 0.1) is 23.8 Å². The van der Waals surface area contributed by atoms with Gasteiger partial charge >= 0.3 is 0 Å². The molecule has 4 nitrogen and oxygen atoms in total. The Balaban J connectivity index is 1.78. The number of aromatic nitrogens is 1. The Labute approximate surface area is 99.5 Å². The molecular weight excluding hydrogens is 222 g/mol. The first kappa shape index (κ1) is 11.5. The Morgan fingerprint density at radius 1 is 1.56 bits per heavy atom. The number of hydrogen-bond acceptors (Lipinski definition) is 4. The van der Waals surface area contributed by atoms with E-state index in [9.17, 15) is 4.79 Å². The molecule has 0 bridgehead atoms. The molecule has 1 aliphatic rings. The lowest BCUT2D eigenvalue weighted by molar-refractivity contribution is -0.123. The lowest BCUT2D eigenvalue weighted by Crippen LogP contribution is -2.43. The van der Waals surface area contributed by atoms with Crippen molar-refractivity contribution in [3.63, 3.8) is 0 Å². The molecule has 1 aromatic rings. The molecule has 0 spiro atoms. The smallest absolute Gasteiger partial charge is 0.237 e. The molecule has 2 heterocycles. The molecule has 0 aliphatic carbocycles. The molecule has 2 N–H and O–H groups in total. The normalized spacial score (nSPS) is 21.4. The molecule has 1 atom stereocenters. The molecule has 1 saturated heterocycles. The van der Waals surface area contributed by atoms with Gasteiger partial charge in [-0.05, 0) is 19.4 Å². The number of rotatable bonds is 3. The summed E-state index contributed by atoms with van der Waals surface area (Å²) in [5.74, 6) is 0.106. The van der Waals surface area contributed by atoms with Gasteiger partial charge in [0, 0.05) is 5.38 Å². The van der Waals surface area contributed by atoms with E-state index in [-0.39, 0.29) is 11.9 Å². The number of carbonyl (C=O) groups excluding carboxylic acids is 1. The maximum atomic E-state index is 11.8. The van der Waals surface area contributed by atoms with Crippen molar-refractivity contribution in [2.24, 2.45) is 0 Å². The van der Waals surface area contributed by atoms with Crippen LogP contribution in [0.5, 0.6) is 0 Å². The second kappa shape index (κ2) is 5.96. The van der Waals surface area contributed by atoms with E-state index < -0.39 is 0 Å². The molecule has 0 radical (unpaired) electrons. The molecule has 1 fully saturated rings. The SMILES string of the molecule is O=C(NCc1cscn1)C1CCCCCN1. The van der Waals surface area contributed by atoms with Gasteiger partial charge < -0.3 is 10.6 Å². The summed E-state index contributed by atoms with van der Waals surface area (Å²) in [4.78, 5) is 16.0. The molecule has 1 aromatic heterocycles. The molecule has 88 valence electrons. The van der Waals surface area contributed by atoms with Crippen LogP contribution in [-0.4, -0.2) is 23.5 Å². The number of thiazole rings is 1. The van der Waals surface area contributed by atoms with Crippen LogP contribution in [0.25, 0.3) is 0 Å². The van der Waals surface area contributed by atoms with Gasteiger partial charge in [0.2, 0.25) is 5.91 Å². The summed E-state index contributed by atoms with van der Waals surface area (Å²) in [6.07, 6.45) is 4.49. The standard InChI is InChI=1S/C11H17N3OS/c15-11(10-4-2-1-3-5-12-10)13-6-9-7-16-8-14-9/h7-8,10,12H,1-6H2,(H,13,15). The lowest BCUT2D eigenvalue weighted by atomic mass is 10.1. The van der Waals surface area contributed by atoms with Gasteiger partial charge in [-0.3, -0.25) is 4.79 Å². The third-order valence-corrected chi connectivity index (χ3v) is 3.44. The Morgan fingerprint density at radius 3 is 3.31 bits per heavy atom. The predicted octanol–water partition coefficient (Wildman–Crippen LogP) is 1.29. The average Bonchev–Trinajstić information content (AvgIpc) is 2.66. The minimum atomic E-state index is -0.0128. The summed E-state index contributed by atoms with van der Waals surface area (Å²) in [7, 11) is 0. The van der Waals surface area contributed by atoms with Crippen molar-refractivity contribution in [2.45, 2.75) is 38.3 Å².